The number of hydrogen-bond donors (Lipinski definition) is 1. The van der Waals surface area contributed by atoms with Gasteiger partial charge in [0.15, 0.2) is 0 Å². The van der Waals surface area contributed by atoms with Crippen LogP contribution in [0, 0.1) is 6.42 Å². The Kier molecular flexibility index (Phi) is 51.9. The van der Waals surface area contributed by atoms with Gasteiger partial charge >= 0.3 is 0 Å². The number of rotatable bonds is 1. The maximum absolute atomic E-state index is 6.73. The number of allylic oxidation sites excluding steroid dienone is 2. The molecule has 1 atom stereocenters. The minimum Gasteiger partial charge on any atom is -0.613 e. The van der Waals surface area contributed by atoms with Crippen LogP contribution in [0.15, 0.2) is 24.3 Å². The molecule has 0 aromatic carbocycles. The third-order valence-corrected chi connectivity index (χ3v) is 1.03. The Morgan fingerprint density at radius 1 is 1.00 bits per heavy atom. The number of nitrogens with one attached hydrogen (secondary N) is 2. The van der Waals surface area contributed by atoms with E-state index in [4.69, 9.17) is 5.84 Å². The van der Waals surface area contributed by atoms with E-state index in [2.05, 4.69) is 5.43 Å². The van der Waals surface area contributed by atoms with Crippen molar-refractivity contribution in [2.24, 2.45) is 0 Å². The van der Waals surface area contributed by atoms with Gasteiger partial charge in [0.1, 0.15) is 0 Å². The van der Waals surface area contributed by atoms with E-state index >= 15 is 0 Å². The first-order chi connectivity index (χ1) is 3.93. The van der Waals surface area contributed by atoms with Crippen LogP contribution in [0.5, 0.6) is 0 Å². The maximum atomic E-state index is 6.73. The molecule has 0 aliphatic heterocycles. The van der Waals surface area contributed by atoms with Crippen molar-refractivity contribution in [2.45, 2.75) is 6.04 Å². The average Bonchev–Trinajstić information content (AvgIpc) is 1.90. The third kappa shape index (κ3) is 16.8. The van der Waals surface area contributed by atoms with E-state index in [1.54, 1.807) is 0 Å². The van der Waals surface area contributed by atoms with E-state index in [1.165, 1.54) is 0 Å². The van der Waals surface area contributed by atoms with Crippen LogP contribution in [0.2, 0.25) is 0 Å². The smallest absolute Gasteiger partial charge is 0 e. The third-order valence-electron chi connectivity index (χ3n) is 1.03. The second-order valence-corrected chi connectivity index (χ2v) is 1.63. The molecule has 1 rings (SSSR count). The van der Waals surface area contributed by atoms with Gasteiger partial charge in [-0.25, -0.2) is 18.6 Å². The van der Waals surface area contributed by atoms with Gasteiger partial charge in [-0.3, -0.25) is 0 Å². The van der Waals surface area contributed by atoms with Gasteiger partial charge in [0.05, 0.1) is 0 Å². The molecule has 2 nitrogen and oxygen atoms in total. The molecule has 7 heteroatoms. The minimum absolute atomic E-state index is 0. The predicted molar refractivity (Wildman–Crippen MR) is 33.8 cm³/mol. The fourth-order valence-corrected chi connectivity index (χ4v) is 0.592. The Labute approximate surface area is 206 Å². The molecule has 0 bridgehead atoms. The summed E-state index contributed by atoms with van der Waals surface area (Å²) in [5, 5.41) is 0. The van der Waals surface area contributed by atoms with Gasteiger partial charge in [0, 0.05) is 164 Å². The summed E-state index contributed by atoms with van der Waals surface area (Å²) in [5.41, 5.74) is 2.36. The first-order valence-electron chi connectivity index (χ1n) is 2.54. The molecule has 0 saturated carbocycles. The first-order valence-corrected chi connectivity index (χ1v) is 2.54. The van der Waals surface area contributed by atoms with Crippen molar-refractivity contribution in [2.75, 3.05) is 0 Å². The van der Waals surface area contributed by atoms with Crippen molar-refractivity contribution in [3.05, 3.63) is 36.6 Å². The van der Waals surface area contributed by atoms with E-state index in [9.17, 15) is 0 Å². The van der Waals surface area contributed by atoms with Crippen molar-refractivity contribution in [3.63, 3.8) is 0 Å². The molecule has 0 aromatic heterocycles. The SMILES string of the molecule is [NH-]NC1C=CC=C[CH-]1.[Y].[Y].[Y].[Y].[Y]. The van der Waals surface area contributed by atoms with Crippen LogP contribution in [0.25, 0.3) is 5.84 Å². The Balaban J connectivity index is -0.0000000427. The zero-order valence-corrected chi connectivity index (χ0v) is 21.5. The normalized spacial score (nSPS) is 15.6. The van der Waals surface area contributed by atoms with Crippen molar-refractivity contribution < 1.29 is 164 Å². The standard InChI is InChI=1S/C6H8N2.5Y/c7-8-6-4-2-1-3-5-6;;;;;/h1-8H;;;;;/q-2;;;;;. The van der Waals surface area contributed by atoms with Gasteiger partial charge in [-0.05, 0) is 6.04 Å². The van der Waals surface area contributed by atoms with E-state index in [1.807, 2.05) is 30.7 Å². The second-order valence-electron chi connectivity index (χ2n) is 1.63. The molecule has 1 aliphatic rings. The van der Waals surface area contributed by atoms with Gasteiger partial charge in [0.25, 0.3) is 0 Å². The molecule has 1 unspecified atom stereocenters. The van der Waals surface area contributed by atoms with Crippen LogP contribution >= 0.6 is 0 Å². The summed E-state index contributed by atoms with van der Waals surface area (Å²) in [6, 6.07) is 0.111. The van der Waals surface area contributed by atoms with Crippen molar-refractivity contribution >= 4 is 0 Å². The van der Waals surface area contributed by atoms with Crippen LogP contribution < -0.4 is 5.43 Å². The molecule has 2 N–H and O–H groups in total. The van der Waals surface area contributed by atoms with E-state index < -0.39 is 0 Å². The maximum Gasteiger partial charge on any atom is 0 e. The minimum atomic E-state index is 0. The van der Waals surface area contributed by atoms with E-state index in [-0.39, 0.29) is 170 Å². The molecule has 0 amide bonds. The first kappa shape index (κ1) is 30.7. The van der Waals surface area contributed by atoms with Gasteiger partial charge in [0.2, 0.25) is 0 Å². The largest absolute Gasteiger partial charge is 0.613 e. The summed E-state index contributed by atoms with van der Waals surface area (Å²) in [6.45, 7) is 0. The summed E-state index contributed by atoms with van der Waals surface area (Å²) >= 11 is 0. The monoisotopic (exact) mass is 553 g/mol. The summed E-state index contributed by atoms with van der Waals surface area (Å²) in [7, 11) is 0. The van der Waals surface area contributed by atoms with Crippen molar-refractivity contribution in [1.29, 1.82) is 0 Å². The zero-order chi connectivity index (χ0) is 5.82. The Bertz CT molecular complexity index is 128. The van der Waals surface area contributed by atoms with E-state index in [0.29, 0.717) is 0 Å². The molecule has 0 spiro atoms. The van der Waals surface area contributed by atoms with E-state index in [0.717, 1.165) is 0 Å². The van der Waals surface area contributed by atoms with Crippen LogP contribution in [0.1, 0.15) is 0 Å². The molecule has 0 heterocycles. The molecule has 13 heavy (non-hydrogen) atoms. The Morgan fingerprint density at radius 2 is 1.54 bits per heavy atom. The van der Waals surface area contributed by atoms with Gasteiger partial charge < -0.3 is 11.3 Å². The van der Waals surface area contributed by atoms with Crippen molar-refractivity contribution in [1.82, 2.24) is 5.43 Å². The molecule has 0 saturated heterocycles. The number of hydrogen-bond acceptors (Lipinski definition) is 1. The summed E-state index contributed by atoms with van der Waals surface area (Å²) in [6.07, 6.45) is 9.63. The average molecular weight is 553 g/mol. The fraction of sp³-hybridized carbons (Fsp3) is 0.167. The van der Waals surface area contributed by atoms with Gasteiger partial charge in [-0.1, -0.05) is 0 Å². The Hall–Kier alpha value is 4.79. The molecule has 0 aromatic rings. The summed E-state index contributed by atoms with van der Waals surface area (Å²) in [5.74, 6) is 6.73. The van der Waals surface area contributed by atoms with Crippen LogP contribution in [-0.4, -0.2) is 6.04 Å². The predicted octanol–water partition coefficient (Wildman–Crippen LogP) is 1.23. The molecular formula is C6H8N2Y5-2. The topological polar surface area (TPSA) is 35.8 Å². The molecule has 0 fully saturated rings. The summed E-state index contributed by atoms with van der Waals surface area (Å²) in [4.78, 5) is 0. The summed E-state index contributed by atoms with van der Waals surface area (Å²) < 4.78 is 0. The fourth-order valence-electron chi connectivity index (χ4n) is 0.592. The molecule has 5 radical (unpaired) electrons. The molecular weight excluding hydrogens is 545 g/mol. The van der Waals surface area contributed by atoms with Crippen LogP contribution in [0.4, 0.5) is 0 Å². The zero-order valence-electron chi connectivity index (χ0n) is 7.35. The van der Waals surface area contributed by atoms with Gasteiger partial charge in [-0.2, -0.15) is 0 Å². The van der Waals surface area contributed by atoms with Crippen molar-refractivity contribution in [3.8, 4) is 0 Å². The van der Waals surface area contributed by atoms with Crippen LogP contribution in [0.3, 0.4) is 0 Å². The Morgan fingerprint density at radius 3 is 1.77 bits per heavy atom. The molecule has 59 valence electrons. The van der Waals surface area contributed by atoms with Crippen LogP contribution in [-0.2, 0) is 164 Å². The molecule has 1 aliphatic carbocycles. The van der Waals surface area contributed by atoms with Gasteiger partial charge in [-0.15, -0.1) is 12.2 Å². The second kappa shape index (κ2) is 22.0. The quantitative estimate of drug-likeness (QED) is 0.386.